The maximum atomic E-state index is 15.1. The van der Waals surface area contributed by atoms with Crippen LogP contribution in [-0.2, 0) is 52.2 Å². The summed E-state index contributed by atoms with van der Waals surface area (Å²) in [4.78, 5) is 15.1. The van der Waals surface area contributed by atoms with Crippen LogP contribution in [0.3, 0.4) is 0 Å². The van der Waals surface area contributed by atoms with Gasteiger partial charge in [0.15, 0.2) is 25.2 Å². The average Bonchev–Trinajstić information content (AvgIpc) is 0.784. The second kappa shape index (κ2) is 23.6. The van der Waals surface area contributed by atoms with Crippen molar-refractivity contribution in [1.82, 2.24) is 0 Å². The highest BCUT2D eigenvalue weighted by molar-refractivity contribution is 5.79. The molecule has 31 atom stereocenters. The van der Waals surface area contributed by atoms with E-state index in [1.807, 2.05) is 0 Å². The van der Waals surface area contributed by atoms with Gasteiger partial charge in [0.05, 0.1) is 44.1 Å². The number of aliphatic hydroxyl groups is 14. The molecule has 4 saturated carbocycles. The Morgan fingerprint density at radius 1 is 0.566 bits per heavy atom. The number of hydrogen-bond acceptors (Lipinski definition) is 25. The number of esters is 1. The van der Waals surface area contributed by atoms with E-state index < -0.39 is 177 Å². The van der Waals surface area contributed by atoms with Gasteiger partial charge in [0.2, 0.25) is 6.29 Å². The monoisotopic (exact) mass is 1190 g/mol. The maximum Gasteiger partial charge on any atom is 0.315 e. The second-order valence-electron chi connectivity index (χ2n) is 28.2. The molecule has 5 aliphatic carbocycles. The molecular formula is C58H94O25. The van der Waals surface area contributed by atoms with E-state index in [0.717, 1.165) is 32.1 Å². The van der Waals surface area contributed by atoms with Gasteiger partial charge < -0.3 is 119 Å². The van der Waals surface area contributed by atoms with Crippen LogP contribution in [0, 0.1) is 50.2 Å². The lowest BCUT2D eigenvalue weighted by Crippen LogP contribution is -2.66. The SMILES string of the molecule is CC1OC(OC2C(O)COC(OC3CCC4(C)C(CCC5(C)C4CC=C4C6CC(C)(C)CCC6(C(=O)OC6OC(COC7OC(CO)C(O)C(O)C7O)C(O)C(O)C6O)CCC45C)C3(C)C)C2O)C(O)C(OC2OCC(O)C(O)C2O)C1O. The van der Waals surface area contributed by atoms with E-state index in [4.69, 9.17) is 47.4 Å². The Morgan fingerprint density at radius 2 is 1.16 bits per heavy atom. The lowest BCUT2D eigenvalue weighted by Gasteiger charge is -2.71. The normalized spacial score (nSPS) is 54.2. The Bertz CT molecular complexity index is 2310. The van der Waals surface area contributed by atoms with Crippen molar-refractivity contribution in [3.8, 4) is 0 Å². The molecule has 476 valence electrons. The molecule has 5 heterocycles. The molecule has 5 saturated heterocycles. The van der Waals surface area contributed by atoms with Crippen LogP contribution < -0.4 is 0 Å². The fraction of sp³-hybridized carbons (Fsp3) is 0.948. The first-order chi connectivity index (χ1) is 38.8. The first kappa shape index (κ1) is 64.3. The molecule has 0 aromatic rings. The molecule has 25 heteroatoms. The van der Waals surface area contributed by atoms with Crippen molar-refractivity contribution < 1.29 is 124 Å². The van der Waals surface area contributed by atoms with E-state index >= 15 is 4.79 Å². The molecule has 10 rings (SSSR count). The van der Waals surface area contributed by atoms with E-state index in [0.29, 0.717) is 32.1 Å². The quantitative estimate of drug-likeness (QED) is 0.0576. The standard InChI is InChI=1S/C58H94O25/c1-24-34(62)46(82-48-40(68)35(63)27(60)21-74-48)44(72)51(77-24)81-45-28(61)22-75-49(43(45)71)80-33-12-13-55(6)31(54(33,4)5)11-14-57(8)32(55)10-9-25-26-19-53(2,3)15-17-58(26,18-16-56(25,57)7)52(73)83-50-42(70)39(67)37(65)30(79-50)23-76-47-41(69)38(66)36(64)29(20-59)78-47/h9,24,26-51,59-72H,10-23H2,1-8H3. The molecule has 0 spiro atoms. The van der Waals surface area contributed by atoms with Gasteiger partial charge in [-0.3, -0.25) is 4.79 Å². The van der Waals surface area contributed by atoms with E-state index in [1.165, 1.54) is 12.5 Å². The van der Waals surface area contributed by atoms with Crippen LogP contribution in [0.5, 0.6) is 0 Å². The van der Waals surface area contributed by atoms with Gasteiger partial charge in [0.1, 0.15) is 104 Å². The molecule has 10 aliphatic rings. The fourth-order valence-corrected chi connectivity index (χ4v) is 17.3. The summed E-state index contributed by atoms with van der Waals surface area (Å²) in [7, 11) is 0. The molecular weight excluding hydrogens is 1100 g/mol. The number of hydrogen-bond donors (Lipinski definition) is 14. The number of allylic oxidation sites excluding steroid dienone is 2. The average molecular weight is 1190 g/mol. The summed E-state index contributed by atoms with van der Waals surface area (Å²) in [6.45, 7) is 15.6. The molecule has 9 fully saturated rings. The van der Waals surface area contributed by atoms with Gasteiger partial charge in [0.25, 0.3) is 0 Å². The Balaban J connectivity index is 0.819. The van der Waals surface area contributed by atoms with Crippen molar-refractivity contribution in [2.75, 3.05) is 26.4 Å². The number of carbonyl (C=O) groups is 1. The Hall–Kier alpha value is -1.71. The molecule has 0 radical (unpaired) electrons. The molecule has 25 nitrogen and oxygen atoms in total. The molecule has 0 aromatic carbocycles. The third kappa shape index (κ3) is 10.9. The first-order valence-electron chi connectivity index (χ1n) is 30.0. The highest BCUT2D eigenvalue weighted by atomic mass is 16.8. The zero-order chi connectivity index (χ0) is 60.4. The van der Waals surface area contributed by atoms with Crippen LogP contribution in [0.25, 0.3) is 0 Å². The number of aliphatic hydroxyl groups excluding tert-OH is 14. The summed E-state index contributed by atoms with van der Waals surface area (Å²) >= 11 is 0. The van der Waals surface area contributed by atoms with Gasteiger partial charge in [-0.25, -0.2) is 0 Å². The van der Waals surface area contributed by atoms with Gasteiger partial charge >= 0.3 is 5.97 Å². The van der Waals surface area contributed by atoms with Crippen molar-refractivity contribution in [3.05, 3.63) is 11.6 Å². The van der Waals surface area contributed by atoms with Crippen LogP contribution in [-0.4, -0.2) is 251 Å². The minimum absolute atomic E-state index is 0.135. The molecule has 0 amide bonds. The van der Waals surface area contributed by atoms with E-state index in [-0.39, 0.29) is 52.6 Å². The van der Waals surface area contributed by atoms with Crippen LogP contribution in [0.2, 0.25) is 0 Å². The highest BCUT2D eigenvalue weighted by Crippen LogP contribution is 2.76. The summed E-state index contributed by atoms with van der Waals surface area (Å²) in [5.41, 5.74) is -1.08. The van der Waals surface area contributed by atoms with Crippen LogP contribution >= 0.6 is 0 Å². The summed E-state index contributed by atoms with van der Waals surface area (Å²) in [5, 5.41) is 150. The van der Waals surface area contributed by atoms with Gasteiger partial charge in [-0.05, 0) is 116 Å². The lowest BCUT2D eigenvalue weighted by molar-refractivity contribution is -0.371. The zero-order valence-electron chi connectivity index (χ0n) is 48.8. The van der Waals surface area contributed by atoms with E-state index in [9.17, 15) is 71.5 Å². The summed E-state index contributed by atoms with van der Waals surface area (Å²) in [6, 6.07) is 0. The third-order valence-electron chi connectivity index (χ3n) is 22.7. The molecule has 14 N–H and O–H groups in total. The number of fused-ring (bicyclic) bond motifs is 7. The van der Waals surface area contributed by atoms with Gasteiger partial charge in [0, 0.05) is 0 Å². The Morgan fingerprint density at radius 3 is 1.84 bits per heavy atom. The predicted molar refractivity (Wildman–Crippen MR) is 282 cm³/mol. The zero-order valence-corrected chi connectivity index (χ0v) is 48.8. The second-order valence-corrected chi connectivity index (χ2v) is 28.2. The highest BCUT2D eigenvalue weighted by Gasteiger charge is 2.70. The molecule has 0 aromatic heterocycles. The molecule has 83 heavy (non-hydrogen) atoms. The Kier molecular flexibility index (Phi) is 18.3. The van der Waals surface area contributed by atoms with Gasteiger partial charge in [-0.15, -0.1) is 0 Å². The fourth-order valence-electron chi connectivity index (χ4n) is 17.3. The lowest BCUT2D eigenvalue weighted by atomic mass is 9.33. The largest absolute Gasteiger partial charge is 0.432 e. The van der Waals surface area contributed by atoms with Gasteiger partial charge in [-0.2, -0.15) is 0 Å². The Labute approximate surface area is 483 Å². The van der Waals surface area contributed by atoms with Gasteiger partial charge in [-0.1, -0.05) is 60.1 Å². The van der Waals surface area contributed by atoms with Crippen LogP contribution in [0.4, 0.5) is 0 Å². The topological polar surface area (TPSA) is 393 Å². The molecule has 31 unspecified atom stereocenters. The van der Waals surface area contributed by atoms with Crippen molar-refractivity contribution in [2.45, 2.75) is 267 Å². The molecule has 0 bridgehead atoms. The van der Waals surface area contributed by atoms with Crippen molar-refractivity contribution in [2.24, 2.45) is 50.2 Å². The van der Waals surface area contributed by atoms with Crippen molar-refractivity contribution in [3.63, 3.8) is 0 Å². The van der Waals surface area contributed by atoms with Crippen molar-refractivity contribution in [1.29, 1.82) is 0 Å². The van der Waals surface area contributed by atoms with E-state index in [1.54, 1.807) is 0 Å². The molecule has 5 aliphatic heterocycles. The smallest absolute Gasteiger partial charge is 0.315 e. The number of rotatable bonds is 12. The maximum absolute atomic E-state index is 15.1. The minimum Gasteiger partial charge on any atom is -0.432 e. The first-order valence-corrected chi connectivity index (χ1v) is 30.0. The predicted octanol–water partition coefficient (Wildman–Crippen LogP) is -1.91. The minimum atomic E-state index is -1.84. The summed E-state index contributed by atoms with van der Waals surface area (Å²) in [6.07, 6.45) is -26.6. The third-order valence-corrected chi connectivity index (χ3v) is 22.7. The number of ether oxygens (including phenoxy) is 10. The number of carbonyl (C=O) groups excluding carboxylic acids is 1. The van der Waals surface area contributed by atoms with Crippen LogP contribution in [0.15, 0.2) is 11.6 Å². The van der Waals surface area contributed by atoms with E-state index in [2.05, 4.69) is 54.5 Å². The van der Waals surface area contributed by atoms with Crippen LogP contribution in [0.1, 0.15) is 120 Å². The summed E-state index contributed by atoms with van der Waals surface area (Å²) < 4.78 is 59.0. The summed E-state index contributed by atoms with van der Waals surface area (Å²) in [5.74, 6) is -0.424. The van der Waals surface area contributed by atoms with Crippen molar-refractivity contribution >= 4 is 5.97 Å².